The average Bonchev–Trinajstić information content (AvgIpc) is 3.34. The van der Waals surface area contributed by atoms with Crippen LogP contribution in [0.3, 0.4) is 0 Å². The van der Waals surface area contributed by atoms with E-state index in [2.05, 4.69) is 10.2 Å². The Hall–Kier alpha value is -3.09. The lowest BCUT2D eigenvalue weighted by atomic mass is 10.0. The minimum absolute atomic E-state index is 0.238. The van der Waals surface area contributed by atoms with Crippen molar-refractivity contribution in [2.45, 2.75) is 32.7 Å². The van der Waals surface area contributed by atoms with E-state index in [0.29, 0.717) is 35.0 Å². The van der Waals surface area contributed by atoms with Gasteiger partial charge in [-0.05, 0) is 73.1 Å². The van der Waals surface area contributed by atoms with Crippen LogP contribution in [-0.2, 0) is 11.3 Å². The summed E-state index contributed by atoms with van der Waals surface area (Å²) in [5.74, 6) is 0.628. The Balaban J connectivity index is 1.34. The summed E-state index contributed by atoms with van der Waals surface area (Å²) in [6, 6.07) is 9.71. The molecule has 0 N–H and O–H groups in total. The highest BCUT2D eigenvalue weighted by molar-refractivity contribution is 5.81. The van der Waals surface area contributed by atoms with Crippen LogP contribution in [0.5, 0.6) is 0 Å². The van der Waals surface area contributed by atoms with E-state index < -0.39 is 5.82 Å². The van der Waals surface area contributed by atoms with Crippen molar-refractivity contribution in [2.75, 3.05) is 13.1 Å². The van der Waals surface area contributed by atoms with E-state index in [4.69, 9.17) is 0 Å². The smallest absolute Gasteiger partial charge is 0.225 e. The number of nitrogens with zero attached hydrogens (tertiary/aromatic N) is 4. The van der Waals surface area contributed by atoms with Crippen LogP contribution in [0.4, 0.5) is 8.78 Å². The fourth-order valence-electron chi connectivity index (χ4n) is 4.35. The second kappa shape index (κ2) is 7.87. The molecule has 1 aliphatic heterocycles. The maximum atomic E-state index is 15.0. The van der Waals surface area contributed by atoms with Gasteiger partial charge in [-0.1, -0.05) is 12.1 Å². The topological polar surface area (TPSA) is 51.0 Å². The van der Waals surface area contributed by atoms with Crippen LogP contribution in [0, 0.1) is 30.4 Å². The first-order valence-corrected chi connectivity index (χ1v) is 10.7. The first-order chi connectivity index (χ1) is 15.0. The largest absolute Gasteiger partial charge is 0.342 e. The van der Waals surface area contributed by atoms with Crippen LogP contribution in [0.1, 0.15) is 24.8 Å². The quantitative estimate of drug-likeness (QED) is 0.610. The first-order valence-electron chi connectivity index (χ1n) is 10.7. The van der Waals surface area contributed by atoms with Gasteiger partial charge in [0.2, 0.25) is 5.91 Å². The van der Waals surface area contributed by atoms with Gasteiger partial charge in [-0.3, -0.25) is 4.79 Å². The zero-order valence-electron chi connectivity index (χ0n) is 17.4. The Morgan fingerprint density at radius 1 is 1.06 bits per heavy atom. The number of hydrogen-bond donors (Lipinski definition) is 0. The summed E-state index contributed by atoms with van der Waals surface area (Å²) >= 11 is 0. The molecule has 1 atom stereocenters. The zero-order valence-corrected chi connectivity index (χ0v) is 17.4. The van der Waals surface area contributed by atoms with Gasteiger partial charge in [-0.2, -0.15) is 0 Å². The Kier molecular flexibility index (Phi) is 5.04. The molecule has 160 valence electrons. The zero-order chi connectivity index (χ0) is 21.5. The van der Waals surface area contributed by atoms with Crippen molar-refractivity contribution in [1.29, 1.82) is 0 Å². The van der Waals surface area contributed by atoms with Crippen LogP contribution < -0.4 is 0 Å². The molecule has 5 nitrogen and oxygen atoms in total. The lowest BCUT2D eigenvalue weighted by Crippen LogP contribution is -2.30. The van der Waals surface area contributed by atoms with E-state index in [1.807, 2.05) is 15.5 Å². The van der Waals surface area contributed by atoms with Gasteiger partial charge in [0.15, 0.2) is 5.82 Å². The molecule has 0 bridgehead atoms. The summed E-state index contributed by atoms with van der Waals surface area (Å²) in [6.45, 7) is 3.86. The van der Waals surface area contributed by atoms with Crippen molar-refractivity contribution in [3.05, 3.63) is 59.9 Å². The molecule has 0 spiro atoms. The molecule has 0 radical (unpaired) electrons. The van der Waals surface area contributed by atoms with Gasteiger partial charge >= 0.3 is 0 Å². The summed E-state index contributed by atoms with van der Waals surface area (Å²) in [5.41, 5.74) is 2.34. The number of hydrogen-bond acceptors (Lipinski definition) is 3. The molecular formula is C24H24F2N4O. The predicted molar refractivity (Wildman–Crippen MR) is 113 cm³/mol. The van der Waals surface area contributed by atoms with Gasteiger partial charge in [0, 0.05) is 25.6 Å². The van der Waals surface area contributed by atoms with E-state index in [9.17, 15) is 9.18 Å². The Morgan fingerprint density at radius 2 is 1.84 bits per heavy atom. The SMILES string of the molecule is Cc1cc(-c2ccc(-c3nncn3C[C@@H]3CCN(C(=O)C4CC4)C3)c(F)c2)ccc1F. The van der Waals surface area contributed by atoms with Crippen molar-refractivity contribution in [1.82, 2.24) is 19.7 Å². The molecule has 2 heterocycles. The second-order valence-corrected chi connectivity index (χ2v) is 8.68. The number of carbonyl (C=O) groups is 1. The Morgan fingerprint density at radius 3 is 2.58 bits per heavy atom. The summed E-state index contributed by atoms with van der Waals surface area (Å²) in [5, 5.41) is 8.15. The highest BCUT2D eigenvalue weighted by Gasteiger charge is 2.36. The normalized spacial score (nSPS) is 18.5. The molecule has 7 heteroatoms. The highest BCUT2D eigenvalue weighted by Crippen LogP contribution is 2.33. The van der Waals surface area contributed by atoms with Crippen LogP contribution >= 0.6 is 0 Å². The third-order valence-electron chi connectivity index (χ3n) is 6.30. The molecule has 2 aliphatic rings. The molecule has 1 amide bonds. The van der Waals surface area contributed by atoms with Crippen molar-refractivity contribution in [2.24, 2.45) is 11.8 Å². The lowest BCUT2D eigenvalue weighted by Gasteiger charge is -2.17. The minimum Gasteiger partial charge on any atom is -0.342 e. The number of rotatable bonds is 5. The molecule has 5 rings (SSSR count). The minimum atomic E-state index is -0.398. The fraction of sp³-hybridized carbons (Fsp3) is 0.375. The number of halogens is 2. The number of carbonyl (C=O) groups excluding carboxylic acids is 1. The predicted octanol–water partition coefficient (Wildman–Crippen LogP) is 4.46. The standard InChI is InChI=1S/C24H24F2N4O/c1-15-10-18(5-7-21(15)25)19-4-6-20(22(26)11-19)23-28-27-14-30(23)13-16-8-9-29(12-16)24(31)17-2-3-17/h4-7,10-11,14,16-17H,2-3,8-9,12-13H2,1H3/t16-/m1/s1. The van der Waals surface area contributed by atoms with Crippen LogP contribution in [0.2, 0.25) is 0 Å². The number of benzene rings is 2. The second-order valence-electron chi connectivity index (χ2n) is 8.68. The molecule has 2 fully saturated rings. The maximum Gasteiger partial charge on any atom is 0.225 e. The third-order valence-corrected chi connectivity index (χ3v) is 6.30. The summed E-state index contributed by atoms with van der Waals surface area (Å²) in [6.07, 6.45) is 4.59. The highest BCUT2D eigenvalue weighted by atomic mass is 19.1. The van der Waals surface area contributed by atoms with E-state index in [-0.39, 0.29) is 17.6 Å². The fourth-order valence-corrected chi connectivity index (χ4v) is 4.35. The van der Waals surface area contributed by atoms with Gasteiger partial charge < -0.3 is 9.47 Å². The van der Waals surface area contributed by atoms with E-state index in [0.717, 1.165) is 37.9 Å². The lowest BCUT2D eigenvalue weighted by molar-refractivity contribution is -0.131. The molecule has 2 aromatic carbocycles. The number of amides is 1. The number of aromatic nitrogens is 3. The van der Waals surface area contributed by atoms with Crippen LogP contribution in [-0.4, -0.2) is 38.7 Å². The Labute approximate surface area is 179 Å². The molecule has 0 unspecified atom stereocenters. The summed E-state index contributed by atoms with van der Waals surface area (Å²) in [4.78, 5) is 14.3. The molecule has 1 aromatic heterocycles. The molecule has 1 aliphatic carbocycles. The van der Waals surface area contributed by atoms with Crippen molar-refractivity contribution >= 4 is 5.91 Å². The monoisotopic (exact) mass is 422 g/mol. The van der Waals surface area contributed by atoms with Crippen molar-refractivity contribution < 1.29 is 13.6 Å². The molecule has 1 saturated heterocycles. The Bertz CT molecular complexity index is 1140. The van der Waals surface area contributed by atoms with Gasteiger partial charge in [-0.15, -0.1) is 10.2 Å². The molecule has 1 saturated carbocycles. The van der Waals surface area contributed by atoms with Gasteiger partial charge in [0.05, 0.1) is 5.56 Å². The molecule has 31 heavy (non-hydrogen) atoms. The van der Waals surface area contributed by atoms with Gasteiger partial charge in [0.1, 0.15) is 18.0 Å². The summed E-state index contributed by atoms with van der Waals surface area (Å²) < 4.78 is 30.5. The first kappa shape index (κ1) is 19.8. The van der Waals surface area contributed by atoms with Crippen molar-refractivity contribution in [3.8, 4) is 22.5 Å². The van der Waals surface area contributed by atoms with Gasteiger partial charge in [-0.25, -0.2) is 8.78 Å². The van der Waals surface area contributed by atoms with E-state index in [1.165, 1.54) is 12.1 Å². The van der Waals surface area contributed by atoms with Gasteiger partial charge in [0.25, 0.3) is 0 Å². The van der Waals surface area contributed by atoms with E-state index in [1.54, 1.807) is 31.5 Å². The third kappa shape index (κ3) is 3.96. The molecular weight excluding hydrogens is 398 g/mol. The van der Waals surface area contributed by atoms with Crippen LogP contribution in [0.15, 0.2) is 42.7 Å². The van der Waals surface area contributed by atoms with Crippen LogP contribution in [0.25, 0.3) is 22.5 Å². The number of likely N-dealkylation sites (tertiary alicyclic amines) is 1. The molecule has 3 aromatic rings. The maximum absolute atomic E-state index is 15.0. The average molecular weight is 422 g/mol. The van der Waals surface area contributed by atoms with E-state index >= 15 is 4.39 Å². The van der Waals surface area contributed by atoms with Crippen molar-refractivity contribution in [3.63, 3.8) is 0 Å². The summed E-state index contributed by atoms with van der Waals surface area (Å²) in [7, 11) is 0. The number of aryl methyl sites for hydroxylation is 1.